The molecule has 20 heavy (non-hydrogen) atoms. The van der Waals surface area contributed by atoms with Gasteiger partial charge < -0.3 is 10.2 Å². The van der Waals surface area contributed by atoms with Crippen molar-refractivity contribution >= 4 is 33.4 Å². The minimum Gasteiger partial charge on any atom is -0.335 e. The number of hydrogen-bond acceptors (Lipinski definition) is 2. The summed E-state index contributed by atoms with van der Waals surface area (Å²) in [6.45, 7) is 5.90. The molecule has 1 aliphatic heterocycles. The zero-order valence-corrected chi connectivity index (χ0v) is 14.2. The molecule has 1 heterocycles. The molecule has 1 amide bonds. The van der Waals surface area contributed by atoms with E-state index in [4.69, 9.17) is 11.6 Å². The van der Waals surface area contributed by atoms with Crippen LogP contribution in [0.4, 0.5) is 0 Å². The highest BCUT2D eigenvalue weighted by molar-refractivity contribution is 9.10. The molecule has 1 fully saturated rings. The zero-order chi connectivity index (χ0) is 14.7. The predicted octanol–water partition coefficient (Wildman–Crippen LogP) is 3.71. The summed E-state index contributed by atoms with van der Waals surface area (Å²) >= 11 is 9.43. The molecule has 3 nitrogen and oxygen atoms in total. The van der Waals surface area contributed by atoms with Gasteiger partial charge in [-0.05, 0) is 67.4 Å². The summed E-state index contributed by atoms with van der Waals surface area (Å²) in [5.41, 5.74) is 0.643. The van der Waals surface area contributed by atoms with E-state index in [0.29, 0.717) is 16.6 Å². The van der Waals surface area contributed by atoms with Crippen LogP contribution in [0.15, 0.2) is 22.7 Å². The maximum atomic E-state index is 12.7. The minimum absolute atomic E-state index is 0.0445. The number of carbonyl (C=O) groups is 1. The first-order chi connectivity index (χ1) is 9.49. The lowest BCUT2D eigenvalue weighted by Gasteiger charge is -2.29. The molecule has 1 aromatic carbocycles. The van der Waals surface area contributed by atoms with E-state index in [9.17, 15) is 4.79 Å². The molecule has 0 aliphatic carbocycles. The SMILES string of the molecule is CC(C)N(CC1CCCN1)C(=O)c1ccc(Br)c(Cl)c1. The second-order valence-electron chi connectivity index (χ2n) is 5.47. The summed E-state index contributed by atoms with van der Waals surface area (Å²) < 4.78 is 0.810. The largest absolute Gasteiger partial charge is 0.335 e. The van der Waals surface area contributed by atoms with Crippen molar-refractivity contribution in [2.45, 2.75) is 38.8 Å². The van der Waals surface area contributed by atoms with E-state index < -0.39 is 0 Å². The van der Waals surface area contributed by atoms with Gasteiger partial charge in [-0.1, -0.05) is 11.6 Å². The van der Waals surface area contributed by atoms with Crippen molar-refractivity contribution in [3.05, 3.63) is 33.3 Å². The van der Waals surface area contributed by atoms with E-state index in [-0.39, 0.29) is 11.9 Å². The van der Waals surface area contributed by atoms with Crippen LogP contribution in [0.5, 0.6) is 0 Å². The second kappa shape index (κ2) is 6.92. The Kier molecular flexibility index (Phi) is 5.47. The summed E-state index contributed by atoms with van der Waals surface area (Å²) in [6.07, 6.45) is 2.33. The van der Waals surface area contributed by atoms with Gasteiger partial charge in [-0.2, -0.15) is 0 Å². The number of carbonyl (C=O) groups excluding carboxylic acids is 1. The molecule has 1 N–H and O–H groups in total. The van der Waals surface area contributed by atoms with Crippen molar-refractivity contribution < 1.29 is 4.79 Å². The fourth-order valence-electron chi connectivity index (χ4n) is 2.47. The number of rotatable bonds is 4. The van der Waals surface area contributed by atoms with E-state index in [1.807, 2.05) is 30.9 Å². The zero-order valence-electron chi connectivity index (χ0n) is 11.8. The van der Waals surface area contributed by atoms with Gasteiger partial charge in [-0.3, -0.25) is 4.79 Å². The van der Waals surface area contributed by atoms with Crippen LogP contribution in [0.2, 0.25) is 5.02 Å². The maximum absolute atomic E-state index is 12.7. The Balaban J connectivity index is 2.15. The molecule has 2 rings (SSSR count). The van der Waals surface area contributed by atoms with Gasteiger partial charge in [0.1, 0.15) is 0 Å². The van der Waals surface area contributed by atoms with Crippen LogP contribution < -0.4 is 5.32 Å². The monoisotopic (exact) mass is 358 g/mol. The van der Waals surface area contributed by atoms with Gasteiger partial charge in [0.05, 0.1) is 5.02 Å². The molecule has 0 radical (unpaired) electrons. The average molecular weight is 360 g/mol. The van der Waals surface area contributed by atoms with Gasteiger partial charge in [0.2, 0.25) is 0 Å². The maximum Gasteiger partial charge on any atom is 0.254 e. The summed E-state index contributed by atoms with van der Waals surface area (Å²) in [4.78, 5) is 14.6. The highest BCUT2D eigenvalue weighted by Crippen LogP contribution is 2.24. The van der Waals surface area contributed by atoms with Crippen molar-refractivity contribution in [3.8, 4) is 0 Å². The molecule has 0 aromatic heterocycles. The fourth-order valence-corrected chi connectivity index (χ4v) is 2.90. The van der Waals surface area contributed by atoms with Crippen molar-refractivity contribution in [2.24, 2.45) is 0 Å². The Labute approximate surface area is 133 Å². The Hall–Kier alpha value is -0.580. The topological polar surface area (TPSA) is 32.3 Å². The van der Waals surface area contributed by atoms with Crippen LogP contribution in [0.25, 0.3) is 0 Å². The standard InChI is InChI=1S/C15H20BrClN2O/c1-10(2)19(9-12-4-3-7-18-12)15(20)11-5-6-13(16)14(17)8-11/h5-6,8,10,12,18H,3-4,7,9H2,1-2H3. The second-order valence-corrected chi connectivity index (χ2v) is 6.73. The van der Waals surface area contributed by atoms with Crippen LogP contribution in [-0.2, 0) is 0 Å². The van der Waals surface area contributed by atoms with Crippen molar-refractivity contribution in [2.75, 3.05) is 13.1 Å². The van der Waals surface area contributed by atoms with Crippen molar-refractivity contribution in [3.63, 3.8) is 0 Å². The first-order valence-corrected chi connectivity index (χ1v) is 8.15. The molecule has 1 saturated heterocycles. The number of nitrogens with zero attached hydrogens (tertiary/aromatic N) is 1. The molecule has 5 heteroatoms. The van der Waals surface area contributed by atoms with Crippen molar-refractivity contribution in [1.82, 2.24) is 10.2 Å². The van der Waals surface area contributed by atoms with Gasteiger partial charge in [0.15, 0.2) is 0 Å². The summed E-state index contributed by atoms with van der Waals surface area (Å²) in [5.74, 6) is 0.0445. The lowest BCUT2D eigenvalue weighted by atomic mass is 10.1. The molecule has 1 aliphatic rings. The molecule has 0 spiro atoms. The molecular formula is C15H20BrClN2O. The number of benzene rings is 1. The van der Waals surface area contributed by atoms with Gasteiger partial charge in [-0.25, -0.2) is 0 Å². The van der Waals surface area contributed by atoms with Crippen LogP contribution in [-0.4, -0.2) is 36.0 Å². The van der Waals surface area contributed by atoms with Gasteiger partial charge >= 0.3 is 0 Å². The number of nitrogens with one attached hydrogen (secondary N) is 1. The number of hydrogen-bond donors (Lipinski definition) is 1. The molecule has 1 atom stereocenters. The molecule has 0 bridgehead atoms. The highest BCUT2D eigenvalue weighted by Gasteiger charge is 2.24. The normalized spacial score (nSPS) is 18.6. The molecule has 110 valence electrons. The first kappa shape index (κ1) is 15.8. The van der Waals surface area contributed by atoms with E-state index >= 15 is 0 Å². The van der Waals surface area contributed by atoms with E-state index in [1.165, 1.54) is 6.42 Å². The Bertz CT molecular complexity index is 487. The van der Waals surface area contributed by atoms with Crippen LogP contribution >= 0.6 is 27.5 Å². The van der Waals surface area contributed by atoms with E-state index in [1.54, 1.807) is 6.07 Å². The number of amides is 1. The summed E-state index contributed by atoms with van der Waals surface area (Å²) in [7, 11) is 0. The third kappa shape index (κ3) is 3.74. The predicted molar refractivity (Wildman–Crippen MR) is 86.3 cm³/mol. The van der Waals surface area contributed by atoms with Gasteiger partial charge in [0, 0.05) is 28.7 Å². The summed E-state index contributed by atoms with van der Waals surface area (Å²) in [5, 5.41) is 4.01. The Morgan fingerprint density at radius 1 is 1.55 bits per heavy atom. The van der Waals surface area contributed by atoms with E-state index in [0.717, 1.165) is 24.0 Å². The highest BCUT2D eigenvalue weighted by atomic mass is 79.9. The lowest BCUT2D eigenvalue weighted by Crippen LogP contribution is -2.44. The number of halogens is 2. The molecule has 0 saturated carbocycles. The Morgan fingerprint density at radius 3 is 2.85 bits per heavy atom. The van der Waals surface area contributed by atoms with Crippen LogP contribution in [0.1, 0.15) is 37.0 Å². The lowest BCUT2D eigenvalue weighted by molar-refractivity contribution is 0.0689. The van der Waals surface area contributed by atoms with Gasteiger partial charge in [-0.15, -0.1) is 0 Å². The van der Waals surface area contributed by atoms with Crippen molar-refractivity contribution in [1.29, 1.82) is 0 Å². The summed E-state index contributed by atoms with van der Waals surface area (Å²) in [6, 6.07) is 5.95. The molecular weight excluding hydrogens is 340 g/mol. The van der Waals surface area contributed by atoms with Crippen LogP contribution in [0.3, 0.4) is 0 Å². The van der Waals surface area contributed by atoms with Crippen LogP contribution in [0, 0.1) is 0 Å². The third-order valence-corrected chi connectivity index (χ3v) is 4.86. The first-order valence-electron chi connectivity index (χ1n) is 6.98. The van der Waals surface area contributed by atoms with Gasteiger partial charge in [0.25, 0.3) is 5.91 Å². The third-order valence-electron chi connectivity index (χ3n) is 3.63. The average Bonchev–Trinajstić information content (AvgIpc) is 2.91. The Morgan fingerprint density at radius 2 is 2.30 bits per heavy atom. The minimum atomic E-state index is 0.0445. The molecule has 1 unspecified atom stereocenters. The molecule has 1 aromatic rings. The fraction of sp³-hybridized carbons (Fsp3) is 0.533. The quantitative estimate of drug-likeness (QED) is 0.889. The van der Waals surface area contributed by atoms with E-state index in [2.05, 4.69) is 21.2 Å². The smallest absolute Gasteiger partial charge is 0.254 e.